The minimum absolute atomic E-state index is 0.261. The van der Waals surface area contributed by atoms with E-state index < -0.39 is 5.97 Å². The number of carboxylic acid groups (broad SMARTS) is 1. The van der Waals surface area contributed by atoms with Gasteiger partial charge in [-0.3, -0.25) is 4.98 Å². The number of pyridine rings is 1. The van der Waals surface area contributed by atoms with Gasteiger partial charge in [0.2, 0.25) is 0 Å². The van der Waals surface area contributed by atoms with E-state index in [2.05, 4.69) is 4.98 Å². The molecule has 0 saturated carbocycles. The van der Waals surface area contributed by atoms with Crippen LogP contribution < -0.4 is 4.74 Å². The molecule has 1 aromatic heterocycles. The van der Waals surface area contributed by atoms with Gasteiger partial charge in [0.15, 0.2) is 0 Å². The number of ether oxygens (including phenoxy) is 1. The second-order valence-electron chi connectivity index (χ2n) is 3.25. The number of aliphatic carboxylic acids is 1. The highest BCUT2D eigenvalue weighted by Crippen LogP contribution is 2.09. The lowest BCUT2D eigenvalue weighted by Gasteiger charge is -2.05. The van der Waals surface area contributed by atoms with Crippen LogP contribution in [-0.2, 0) is 4.79 Å². The van der Waals surface area contributed by atoms with Gasteiger partial charge in [0.05, 0.1) is 6.20 Å². The highest BCUT2D eigenvalue weighted by Gasteiger charge is 1.97. The number of hydrogen-bond donors (Lipinski definition) is 1. The summed E-state index contributed by atoms with van der Waals surface area (Å²) in [5, 5.41) is 8.47. The standard InChI is InChI=1S/C11H13NO3/c1-8(5-11(13)14)7-15-10-4-3-9(2)12-6-10/h3-6H,7H2,1-2H3,(H,13,14). The Morgan fingerprint density at radius 3 is 2.87 bits per heavy atom. The van der Waals surface area contributed by atoms with E-state index in [1.54, 1.807) is 19.2 Å². The molecular formula is C11H13NO3. The highest BCUT2D eigenvalue weighted by molar-refractivity contribution is 5.80. The average Bonchev–Trinajstić information content (AvgIpc) is 2.16. The third-order valence-electron chi connectivity index (χ3n) is 1.72. The maximum Gasteiger partial charge on any atom is 0.328 e. The molecule has 0 amide bonds. The Kier molecular flexibility index (Phi) is 3.85. The SMILES string of the molecule is CC(=CC(=O)O)COc1ccc(C)nc1. The van der Waals surface area contributed by atoms with Crippen molar-refractivity contribution in [3.05, 3.63) is 35.7 Å². The Balaban J connectivity index is 2.50. The molecule has 0 saturated heterocycles. The van der Waals surface area contributed by atoms with E-state index in [4.69, 9.17) is 9.84 Å². The van der Waals surface area contributed by atoms with Crippen molar-refractivity contribution in [1.82, 2.24) is 4.98 Å². The van der Waals surface area contributed by atoms with Crippen molar-refractivity contribution in [1.29, 1.82) is 0 Å². The van der Waals surface area contributed by atoms with Crippen molar-refractivity contribution in [2.24, 2.45) is 0 Å². The first-order chi connectivity index (χ1) is 7.08. The number of hydrogen-bond acceptors (Lipinski definition) is 3. The summed E-state index contributed by atoms with van der Waals surface area (Å²) in [7, 11) is 0. The molecule has 15 heavy (non-hydrogen) atoms. The maximum atomic E-state index is 10.3. The molecule has 0 bridgehead atoms. The minimum Gasteiger partial charge on any atom is -0.488 e. The molecule has 1 heterocycles. The zero-order valence-corrected chi connectivity index (χ0v) is 8.73. The highest BCUT2D eigenvalue weighted by atomic mass is 16.5. The molecule has 0 aromatic carbocycles. The molecule has 4 heteroatoms. The van der Waals surface area contributed by atoms with Gasteiger partial charge >= 0.3 is 5.97 Å². The van der Waals surface area contributed by atoms with Gasteiger partial charge in [0.25, 0.3) is 0 Å². The quantitative estimate of drug-likeness (QED) is 0.765. The Hall–Kier alpha value is -1.84. The maximum absolute atomic E-state index is 10.3. The van der Waals surface area contributed by atoms with Gasteiger partial charge in [-0.1, -0.05) is 0 Å². The molecule has 1 N–H and O–H groups in total. The summed E-state index contributed by atoms with van der Waals surface area (Å²) >= 11 is 0. The number of carboxylic acids is 1. The molecular weight excluding hydrogens is 194 g/mol. The van der Waals surface area contributed by atoms with E-state index in [0.29, 0.717) is 11.3 Å². The fraction of sp³-hybridized carbons (Fsp3) is 0.273. The van der Waals surface area contributed by atoms with Crippen molar-refractivity contribution >= 4 is 5.97 Å². The van der Waals surface area contributed by atoms with Crippen LogP contribution in [0.2, 0.25) is 0 Å². The minimum atomic E-state index is -0.960. The van der Waals surface area contributed by atoms with E-state index >= 15 is 0 Å². The van der Waals surface area contributed by atoms with Gasteiger partial charge in [-0.15, -0.1) is 0 Å². The number of carbonyl (C=O) groups is 1. The zero-order chi connectivity index (χ0) is 11.3. The van der Waals surface area contributed by atoms with E-state index in [1.165, 1.54) is 0 Å². The summed E-state index contributed by atoms with van der Waals surface area (Å²) in [6, 6.07) is 3.64. The average molecular weight is 207 g/mol. The van der Waals surface area contributed by atoms with Gasteiger partial charge in [-0.05, 0) is 31.6 Å². The fourth-order valence-electron chi connectivity index (χ4n) is 0.989. The second kappa shape index (κ2) is 5.14. The van der Waals surface area contributed by atoms with Gasteiger partial charge in [-0.2, -0.15) is 0 Å². The smallest absolute Gasteiger partial charge is 0.328 e. The molecule has 0 fully saturated rings. The van der Waals surface area contributed by atoms with E-state index in [9.17, 15) is 4.79 Å². The number of aromatic nitrogens is 1. The predicted molar refractivity (Wildman–Crippen MR) is 55.9 cm³/mol. The lowest BCUT2D eigenvalue weighted by molar-refractivity contribution is -0.131. The number of rotatable bonds is 4. The van der Waals surface area contributed by atoms with Crippen molar-refractivity contribution < 1.29 is 14.6 Å². The van der Waals surface area contributed by atoms with Crippen LogP contribution in [0.4, 0.5) is 0 Å². The summed E-state index contributed by atoms with van der Waals surface area (Å²) < 4.78 is 5.33. The van der Waals surface area contributed by atoms with Crippen molar-refractivity contribution in [3.63, 3.8) is 0 Å². The topological polar surface area (TPSA) is 59.4 Å². The number of nitrogens with zero attached hydrogens (tertiary/aromatic N) is 1. The summed E-state index contributed by atoms with van der Waals surface area (Å²) in [5.41, 5.74) is 1.57. The zero-order valence-electron chi connectivity index (χ0n) is 8.73. The van der Waals surface area contributed by atoms with Gasteiger partial charge in [0, 0.05) is 11.8 Å². The van der Waals surface area contributed by atoms with Crippen molar-refractivity contribution in [2.75, 3.05) is 6.61 Å². The van der Waals surface area contributed by atoms with Crippen LogP contribution in [0, 0.1) is 6.92 Å². The van der Waals surface area contributed by atoms with Crippen LogP contribution in [0.5, 0.6) is 5.75 Å². The van der Waals surface area contributed by atoms with Crippen LogP contribution in [0.25, 0.3) is 0 Å². The monoisotopic (exact) mass is 207 g/mol. The Bertz CT molecular complexity index is 368. The molecule has 4 nitrogen and oxygen atoms in total. The van der Waals surface area contributed by atoms with Gasteiger partial charge in [0.1, 0.15) is 12.4 Å². The van der Waals surface area contributed by atoms with Crippen LogP contribution in [0.1, 0.15) is 12.6 Å². The van der Waals surface area contributed by atoms with Crippen LogP contribution in [0.3, 0.4) is 0 Å². The van der Waals surface area contributed by atoms with E-state index in [1.807, 2.05) is 13.0 Å². The van der Waals surface area contributed by atoms with Crippen LogP contribution in [-0.4, -0.2) is 22.7 Å². The van der Waals surface area contributed by atoms with Crippen molar-refractivity contribution in [3.8, 4) is 5.75 Å². The lowest BCUT2D eigenvalue weighted by atomic mass is 10.3. The number of aryl methyl sites for hydroxylation is 1. The first-order valence-electron chi connectivity index (χ1n) is 4.53. The first kappa shape index (κ1) is 11.2. The Labute approximate surface area is 88.2 Å². The Morgan fingerprint density at radius 2 is 2.33 bits per heavy atom. The van der Waals surface area contributed by atoms with Crippen LogP contribution in [0.15, 0.2) is 30.0 Å². The summed E-state index contributed by atoms with van der Waals surface area (Å²) in [4.78, 5) is 14.4. The molecule has 0 atom stereocenters. The molecule has 0 aliphatic rings. The lowest BCUT2D eigenvalue weighted by Crippen LogP contribution is -2.01. The fourth-order valence-corrected chi connectivity index (χ4v) is 0.989. The van der Waals surface area contributed by atoms with Gasteiger partial charge in [-0.25, -0.2) is 4.79 Å². The second-order valence-corrected chi connectivity index (χ2v) is 3.25. The summed E-state index contributed by atoms with van der Waals surface area (Å²) in [5.74, 6) is -0.322. The molecule has 0 spiro atoms. The molecule has 0 unspecified atom stereocenters. The molecule has 80 valence electrons. The largest absolute Gasteiger partial charge is 0.488 e. The first-order valence-corrected chi connectivity index (χ1v) is 4.53. The van der Waals surface area contributed by atoms with Gasteiger partial charge < -0.3 is 9.84 Å². The normalized spacial score (nSPS) is 11.2. The predicted octanol–water partition coefficient (Wildman–Crippen LogP) is 1.80. The Morgan fingerprint density at radius 1 is 1.60 bits per heavy atom. The molecule has 0 aliphatic carbocycles. The summed E-state index contributed by atoms with van der Waals surface area (Å²) in [6.45, 7) is 3.85. The molecule has 0 radical (unpaired) electrons. The molecule has 1 rings (SSSR count). The molecule has 0 aliphatic heterocycles. The molecule has 1 aromatic rings. The van der Waals surface area contributed by atoms with Crippen LogP contribution >= 0.6 is 0 Å². The third-order valence-corrected chi connectivity index (χ3v) is 1.72. The summed E-state index contributed by atoms with van der Waals surface area (Å²) in [6.07, 6.45) is 2.74. The van der Waals surface area contributed by atoms with E-state index in [0.717, 1.165) is 11.8 Å². The third kappa shape index (κ3) is 4.26. The van der Waals surface area contributed by atoms with Crippen molar-refractivity contribution in [2.45, 2.75) is 13.8 Å². The van der Waals surface area contributed by atoms with E-state index in [-0.39, 0.29) is 6.61 Å².